The van der Waals surface area contributed by atoms with Gasteiger partial charge in [-0.3, -0.25) is 20.3 Å². The van der Waals surface area contributed by atoms with Crippen LogP contribution in [-0.2, 0) is 22.6 Å². The Morgan fingerprint density at radius 3 is 2.44 bits per heavy atom. The van der Waals surface area contributed by atoms with Crippen LogP contribution in [0.3, 0.4) is 0 Å². The van der Waals surface area contributed by atoms with Crippen molar-refractivity contribution in [3.05, 3.63) is 52.8 Å². The maximum Gasteiger partial charge on any atom is 0.242 e. The number of ether oxygens (including phenoxy) is 2. The van der Waals surface area contributed by atoms with Crippen LogP contribution in [0.2, 0.25) is 5.15 Å². The predicted octanol–water partition coefficient (Wildman–Crippen LogP) is 3.06. The number of hydrogen-bond donors (Lipinski definition) is 4. The van der Waals surface area contributed by atoms with Crippen molar-refractivity contribution in [1.29, 1.82) is 5.41 Å². The fourth-order valence-corrected chi connectivity index (χ4v) is 3.31. The van der Waals surface area contributed by atoms with Crippen molar-refractivity contribution < 1.29 is 19.1 Å². The SMILES string of the molecule is CCC(C)CC(NC(=N)NC(=O)Cc1ccc(OC)c(OC)c1)C(=O)NCc1ccc(Cl)nc1. The predicted molar refractivity (Wildman–Crippen MR) is 131 cm³/mol. The van der Waals surface area contributed by atoms with Gasteiger partial charge in [0.25, 0.3) is 0 Å². The van der Waals surface area contributed by atoms with Crippen molar-refractivity contribution in [2.24, 2.45) is 5.92 Å². The topological polar surface area (TPSA) is 125 Å². The molecule has 2 amide bonds. The van der Waals surface area contributed by atoms with Gasteiger partial charge in [-0.05, 0) is 41.7 Å². The number of amides is 2. The van der Waals surface area contributed by atoms with Gasteiger partial charge in [-0.25, -0.2) is 4.98 Å². The van der Waals surface area contributed by atoms with Crippen molar-refractivity contribution in [2.45, 2.75) is 45.7 Å². The molecule has 4 N–H and O–H groups in total. The van der Waals surface area contributed by atoms with E-state index in [1.54, 1.807) is 36.5 Å². The molecule has 0 aliphatic heterocycles. The van der Waals surface area contributed by atoms with Crippen molar-refractivity contribution in [2.75, 3.05) is 14.2 Å². The number of carbonyl (C=O) groups excluding carboxylic acids is 2. The van der Waals surface area contributed by atoms with Gasteiger partial charge in [0.05, 0.1) is 20.6 Å². The van der Waals surface area contributed by atoms with Crippen molar-refractivity contribution >= 4 is 29.4 Å². The summed E-state index contributed by atoms with van der Waals surface area (Å²) in [7, 11) is 3.06. The third kappa shape index (κ3) is 8.55. The van der Waals surface area contributed by atoms with Gasteiger partial charge in [-0.2, -0.15) is 0 Å². The second-order valence-corrected chi connectivity index (χ2v) is 8.33. The number of guanidine groups is 1. The normalized spacial score (nSPS) is 12.3. The molecule has 0 aliphatic carbocycles. The highest BCUT2D eigenvalue weighted by Crippen LogP contribution is 2.27. The van der Waals surface area contributed by atoms with Gasteiger partial charge in [-0.15, -0.1) is 0 Å². The summed E-state index contributed by atoms with van der Waals surface area (Å²) in [6.07, 6.45) is 3.02. The molecule has 0 radical (unpaired) electrons. The lowest BCUT2D eigenvalue weighted by Gasteiger charge is -2.22. The molecule has 0 bridgehead atoms. The van der Waals surface area contributed by atoms with Crippen LogP contribution in [0.5, 0.6) is 11.5 Å². The minimum absolute atomic E-state index is 0.0379. The summed E-state index contributed by atoms with van der Waals surface area (Å²) in [6, 6.07) is 7.94. The number of rotatable bonds is 11. The van der Waals surface area contributed by atoms with E-state index in [4.69, 9.17) is 26.5 Å². The van der Waals surface area contributed by atoms with Gasteiger partial charge < -0.3 is 20.1 Å². The quantitative estimate of drug-likeness (QED) is 0.218. The second-order valence-electron chi connectivity index (χ2n) is 7.94. The summed E-state index contributed by atoms with van der Waals surface area (Å²) in [4.78, 5) is 29.3. The van der Waals surface area contributed by atoms with Gasteiger partial charge >= 0.3 is 0 Å². The number of carbonyl (C=O) groups is 2. The average Bonchev–Trinajstić information content (AvgIpc) is 2.82. The average molecular weight is 490 g/mol. The van der Waals surface area contributed by atoms with Crippen LogP contribution < -0.4 is 25.4 Å². The summed E-state index contributed by atoms with van der Waals surface area (Å²) in [5.74, 6) is 0.433. The highest BCUT2D eigenvalue weighted by atomic mass is 35.5. The minimum atomic E-state index is -0.677. The van der Waals surface area contributed by atoms with Gasteiger partial charge in [-0.1, -0.05) is 44.0 Å². The summed E-state index contributed by atoms with van der Waals surface area (Å²) in [5, 5.41) is 16.8. The van der Waals surface area contributed by atoms with E-state index in [-0.39, 0.29) is 36.7 Å². The summed E-state index contributed by atoms with van der Waals surface area (Å²) < 4.78 is 10.5. The lowest BCUT2D eigenvalue weighted by atomic mass is 9.98. The zero-order valence-corrected chi connectivity index (χ0v) is 20.7. The Morgan fingerprint density at radius 1 is 1.12 bits per heavy atom. The third-order valence-electron chi connectivity index (χ3n) is 5.30. The zero-order valence-electron chi connectivity index (χ0n) is 19.9. The van der Waals surface area contributed by atoms with Crippen LogP contribution in [0.1, 0.15) is 37.8 Å². The third-order valence-corrected chi connectivity index (χ3v) is 5.53. The Kier molecular flexibility index (Phi) is 10.6. The lowest BCUT2D eigenvalue weighted by Crippen LogP contribution is -2.52. The molecule has 0 fully saturated rings. The molecule has 0 aliphatic rings. The molecule has 2 rings (SSSR count). The number of nitrogens with zero attached hydrogens (tertiary/aromatic N) is 1. The Morgan fingerprint density at radius 2 is 1.82 bits per heavy atom. The molecule has 34 heavy (non-hydrogen) atoms. The first-order chi connectivity index (χ1) is 16.2. The first-order valence-corrected chi connectivity index (χ1v) is 11.4. The van der Waals surface area contributed by atoms with E-state index in [0.29, 0.717) is 28.6 Å². The van der Waals surface area contributed by atoms with Gasteiger partial charge in [0, 0.05) is 12.7 Å². The summed E-state index contributed by atoms with van der Waals surface area (Å²) in [6.45, 7) is 4.35. The van der Waals surface area contributed by atoms with Gasteiger partial charge in [0.1, 0.15) is 11.2 Å². The number of aromatic nitrogens is 1. The number of methoxy groups -OCH3 is 2. The first-order valence-electron chi connectivity index (χ1n) is 11.0. The Bertz CT molecular complexity index is 984. The minimum Gasteiger partial charge on any atom is -0.493 e. The van der Waals surface area contributed by atoms with Gasteiger partial charge in [0.2, 0.25) is 11.8 Å². The first kappa shape index (κ1) is 26.9. The van der Waals surface area contributed by atoms with Crippen molar-refractivity contribution in [1.82, 2.24) is 20.9 Å². The Hall–Kier alpha value is -3.33. The molecule has 9 nitrogen and oxygen atoms in total. The summed E-state index contributed by atoms with van der Waals surface area (Å²) in [5.41, 5.74) is 1.51. The Balaban J connectivity index is 1.96. The monoisotopic (exact) mass is 489 g/mol. The fourth-order valence-electron chi connectivity index (χ4n) is 3.19. The van der Waals surface area contributed by atoms with Gasteiger partial charge in [0.15, 0.2) is 17.5 Å². The molecule has 2 unspecified atom stereocenters. The van der Waals surface area contributed by atoms with Crippen LogP contribution in [0.4, 0.5) is 0 Å². The van der Waals surface area contributed by atoms with E-state index in [1.807, 2.05) is 13.8 Å². The van der Waals surface area contributed by atoms with Crippen molar-refractivity contribution in [3.8, 4) is 11.5 Å². The smallest absolute Gasteiger partial charge is 0.242 e. The maximum atomic E-state index is 12.8. The van der Waals surface area contributed by atoms with E-state index in [1.165, 1.54) is 14.2 Å². The maximum absolute atomic E-state index is 12.8. The molecule has 1 heterocycles. The molecule has 2 aromatic rings. The number of hydrogen-bond acceptors (Lipinski definition) is 6. The molecule has 0 saturated heterocycles. The lowest BCUT2D eigenvalue weighted by molar-refractivity contribution is -0.123. The van der Waals surface area contributed by atoms with Crippen LogP contribution in [0, 0.1) is 11.3 Å². The molecule has 1 aromatic carbocycles. The van der Waals surface area contributed by atoms with Crippen LogP contribution in [-0.4, -0.2) is 43.0 Å². The standard InChI is InChI=1S/C24H32ClN5O4/c1-5-15(2)10-18(23(32)28-14-17-7-9-21(25)27-13-17)29-24(26)30-22(31)12-16-6-8-19(33-3)20(11-16)34-4/h6-9,11,13,15,18H,5,10,12,14H2,1-4H3,(H,28,32)(H3,26,29,30,31). The molecule has 0 saturated carbocycles. The van der Waals surface area contributed by atoms with E-state index >= 15 is 0 Å². The molecule has 10 heteroatoms. The molecule has 2 atom stereocenters. The van der Waals surface area contributed by atoms with E-state index in [9.17, 15) is 9.59 Å². The number of pyridine rings is 1. The van der Waals surface area contributed by atoms with E-state index in [0.717, 1.165) is 12.0 Å². The molecule has 1 aromatic heterocycles. The Labute approximate surface area is 205 Å². The van der Waals surface area contributed by atoms with Crippen molar-refractivity contribution in [3.63, 3.8) is 0 Å². The number of benzene rings is 1. The second kappa shape index (κ2) is 13.4. The highest BCUT2D eigenvalue weighted by Gasteiger charge is 2.22. The molecule has 184 valence electrons. The van der Waals surface area contributed by atoms with E-state index in [2.05, 4.69) is 20.9 Å². The largest absolute Gasteiger partial charge is 0.493 e. The fraction of sp³-hybridized carbons (Fsp3) is 0.417. The van der Waals surface area contributed by atoms with E-state index < -0.39 is 6.04 Å². The highest BCUT2D eigenvalue weighted by molar-refractivity contribution is 6.29. The van der Waals surface area contributed by atoms with Crippen LogP contribution in [0.15, 0.2) is 36.5 Å². The molecule has 0 spiro atoms. The number of halogens is 1. The van der Waals surface area contributed by atoms with Crippen LogP contribution in [0.25, 0.3) is 0 Å². The summed E-state index contributed by atoms with van der Waals surface area (Å²) >= 11 is 5.80. The zero-order chi connectivity index (χ0) is 25.1. The van der Waals surface area contributed by atoms with Crippen LogP contribution >= 0.6 is 11.6 Å². The number of nitrogens with one attached hydrogen (secondary N) is 4. The molecular weight excluding hydrogens is 458 g/mol. The molecular formula is C24H32ClN5O4.